The first-order valence-corrected chi connectivity index (χ1v) is 12.4. The van der Waals surface area contributed by atoms with Gasteiger partial charge in [0.05, 0.1) is 29.6 Å². The maximum atomic E-state index is 14.5. The van der Waals surface area contributed by atoms with Crippen LogP contribution in [0.25, 0.3) is 16.6 Å². The molecule has 3 aromatic heterocycles. The predicted octanol–water partition coefficient (Wildman–Crippen LogP) is 3.85. The number of piperazine rings is 1. The Morgan fingerprint density at radius 1 is 1.22 bits per heavy atom. The molecule has 0 radical (unpaired) electrons. The Hall–Kier alpha value is -3.50. The van der Waals surface area contributed by atoms with E-state index >= 15 is 0 Å². The molecule has 4 heterocycles. The van der Waals surface area contributed by atoms with Gasteiger partial charge in [-0.05, 0) is 26.0 Å². The lowest BCUT2D eigenvalue weighted by atomic mass is 10.1. The second-order valence-electron chi connectivity index (χ2n) is 8.67. The number of nitrogens with one attached hydrogen (secondary N) is 2. The molecule has 1 aromatic carbocycles. The van der Waals surface area contributed by atoms with Crippen LogP contribution in [0, 0.1) is 12.7 Å². The minimum absolute atomic E-state index is 0.0254. The number of amides is 1. The van der Waals surface area contributed by atoms with E-state index in [4.69, 9.17) is 9.84 Å². The number of pyridine rings is 1. The van der Waals surface area contributed by atoms with Gasteiger partial charge in [0.1, 0.15) is 5.52 Å². The second kappa shape index (κ2) is 11.0. The number of hydrogen-bond donors (Lipinski definition) is 2. The Balaban J connectivity index is 0.00000148. The zero-order chi connectivity index (χ0) is 25.8. The zero-order valence-corrected chi connectivity index (χ0v) is 21.5. The lowest BCUT2D eigenvalue weighted by Gasteiger charge is -2.30. The number of methoxy groups -OCH3 is 1. The standard InChI is InChI=1S/C24H28FN7O2.C2H6/c1-15-11-31-13-17(10-20(25)23(31)27-15)28-24(33)18-4-5-21(30-8-6-26-7-9-30)19-14-32(29-22(18)19)12-16(2)34-3;1-2/h4-5,10-11,13-14,16,26H,6-9,12H2,1-3H3,(H,28,33);1-2H3. The highest BCUT2D eigenvalue weighted by atomic mass is 19.1. The molecule has 0 bridgehead atoms. The van der Waals surface area contributed by atoms with Gasteiger partial charge in [0.2, 0.25) is 0 Å². The Bertz CT molecular complexity index is 1360. The van der Waals surface area contributed by atoms with Crippen molar-refractivity contribution in [3.05, 3.63) is 53.9 Å². The third-order valence-corrected chi connectivity index (χ3v) is 6.13. The van der Waals surface area contributed by atoms with Crippen molar-refractivity contribution in [2.24, 2.45) is 0 Å². The molecule has 1 aliphatic heterocycles. The summed E-state index contributed by atoms with van der Waals surface area (Å²) in [6.07, 6.45) is 5.32. The lowest BCUT2D eigenvalue weighted by Crippen LogP contribution is -2.43. The smallest absolute Gasteiger partial charge is 0.257 e. The van der Waals surface area contributed by atoms with Crippen molar-refractivity contribution in [2.45, 2.75) is 40.3 Å². The number of aromatic nitrogens is 4. The van der Waals surface area contributed by atoms with Gasteiger partial charge in [-0.15, -0.1) is 0 Å². The van der Waals surface area contributed by atoms with Crippen LogP contribution in [0.2, 0.25) is 0 Å². The molecule has 9 nitrogen and oxygen atoms in total. The first-order chi connectivity index (χ1) is 17.4. The molecule has 5 rings (SSSR count). The summed E-state index contributed by atoms with van der Waals surface area (Å²) in [5.74, 6) is -0.847. The highest BCUT2D eigenvalue weighted by Gasteiger charge is 2.21. The summed E-state index contributed by atoms with van der Waals surface area (Å²) in [5.41, 5.74) is 3.36. The van der Waals surface area contributed by atoms with Crippen LogP contribution in [0.3, 0.4) is 0 Å². The number of carbonyl (C=O) groups excluding carboxylic acids is 1. The second-order valence-corrected chi connectivity index (χ2v) is 8.67. The molecule has 4 aromatic rings. The number of rotatable bonds is 6. The van der Waals surface area contributed by atoms with Crippen molar-refractivity contribution >= 4 is 33.8 Å². The van der Waals surface area contributed by atoms with Gasteiger partial charge in [-0.2, -0.15) is 5.10 Å². The fourth-order valence-electron chi connectivity index (χ4n) is 4.38. The molecule has 0 saturated carbocycles. The molecule has 36 heavy (non-hydrogen) atoms. The van der Waals surface area contributed by atoms with E-state index in [2.05, 4.69) is 20.5 Å². The molecule has 1 aliphatic rings. The molecule has 1 atom stereocenters. The average Bonchev–Trinajstić information content (AvgIpc) is 3.48. The molecule has 1 saturated heterocycles. The fraction of sp³-hybridized carbons (Fsp3) is 0.423. The Morgan fingerprint density at radius 3 is 2.69 bits per heavy atom. The minimum atomic E-state index is -0.497. The number of fused-ring (bicyclic) bond motifs is 2. The van der Waals surface area contributed by atoms with E-state index in [-0.39, 0.29) is 17.7 Å². The van der Waals surface area contributed by atoms with Crippen molar-refractivity contribution in [3.63, 3.8) is 0 Å². The number of anilines is 2. The molecular formula is C26H34FN7O2. The van der Waals surface area contributed by atoms with Gasteiger partial charge in [-0.3, -0.25) is 9.48 Å². The highest BCUT2D eigenvalue weighted by molar-refractivity contribution is 6.13. The SMILES string of the molecule is CC.COC(C)Cn1cc2c(N3CCNCC3)ccc(C(=O)Nc3cc(F)c4nc(C)cn4c3)c2n1. The summed E-state index contributed by atoms with van der Waals surface area (Å²) in [6.45, 7) is 11.9. The van der Waals surface area contributed by atoms with Gasteiger partial charge in [0.15, 0.2) is 11.5 Å². The summed E-state index contributed by atoms with van der Waals surface area (Å²) in [7, 11) is 1.66. The van der Waals surface area contributed by atoms with Crippen molar-refractivity contribution in [3.8, 4) is 0 Å². The lowest BCUT2D eigenvalue weighted by molar-refractivity contribution is 0.100. The van der Waals surface area contributed by atoms with Crippen LogP contribution in [-0.2, 0) is 11.3 Å². The fourth-order valence-corrected chi connectivity index (χ4v) is 4.38. The Labute approximate surface area is 210 Å². The van der Waals surface area contributed by atoms with Crippen molar-refractivity contribution < 1.29 is 13.9 Å². The third-order valence-electron chi connectivity index (χ3n) is 6.13. The van der Waals surface area contributed by atoms with Crippen molar-refractivity contribution in [1.29, 1.82) is 0 Å². The largest absolute Gasteiger partial charge is 0.380 e. The van der Waals surface area contributed by atoms with Crippen LogP contribution in [0.15, 0.2) is 36.8 Å². The van der Waals surface area contributed by atoms with Gasteiger partial charge >= 0.3 is 0 Å². The summed E-state index contributed by atoms with van der Waals surface area (Å²) >= 11 is 0. The summed E-state index contributed by atoms with van der Waals surface area (Å²) in [4.78, 5) is 19.8. The van der Waals surface area contributed by atoms with Crippen LogP contribution in [0.1, 0.15) is 36.8 Å². The zero-order valence-electron chi connectivity index (χ0n) is 21.5. The number of aryl methyl sites for hydroxylation is 1. The van der Waals surface area contributed by atoms with Crippen LogP contribution in [0.4, 0.5) is 15.8 Å². The molecule has 10 heteroatoms. The van der Waals surface area contributed by atoms with Gasteiger partial charge in [-0.25, -0.2) is 9.37 Å². The molecular weight excluding hydrogens is 461 g/mol. The maximum Gasteiger partial charge on any atom is 0.257 e. The van der Waals surface area contributed by atoms with Crippen LogP contribution in [-0.4, -0.2) is 64.5 Å². The number of imidazole rings is 1. The molecule has 0 aliphatic carbocycles. The predicted molar refractivity (Wildman–Crippen MR) is 140 cm³/mol. The van der Waals surface area contributed by atoms with E-state index in [9.17, 15) is 9.18 Å². The average molecular weight is 496 g/mol. The van der Waals surface area contributed by atoms with Gasteiger partial charge in [0, 0.05) is 69.0 Å². The number of benzene rings is 1. The Morgan fingerprint density at radius 2 is 1.97 bits per heavy atom. The van der Waals surface area contributed by atoms with Gasteiger partial charge in [-0.1, -0.05) is 13.8 Å². The number of ether oxygens (including phenoxy) is 1. The summed E-state index contributed by atoms with van der Waals surface area (Å²) in [6, 6.07) is 5.05. The molecule has 2 N–H and O–H groups in total. The molecule has 1 amide bonds. The number of nitrogens with zero attached hydrogens (tertiary/aromatic N) is 5. The van der Waals surface area contributed by atoms with Crippen LogP contribution >= 0.6 is 0 Å². The molecule has 192 valence electrons. The minimum Gasteiger partial charge on any atom is -0.380 e. The van der Waals surface area contributed by atoms with Crippen LogP contribution in [0.5, 0.6) is 0 Å². The normalized spacial score (nSPS) is 14.6. The maximum absolute atomic E-state index is 14.5. The number of hydrogen-bond acceptors (Lipinski definition) is 6. The van der Waals surface area contributed by atoms with E-state index in [1.807, 2.05) is 37.7 Å². The topological polar surface area (TPSA) is 88.7 Å². The quantitative estimate of drug-likeness (QED) is 0.422. The van der Waals surface area contributed by atoms with Crippen molar-refractivity contribution in [1.82, 2.24) is 24.5 Å². The number of carbonyl (C=O) groups is 1. The van der Waals surface area contributed by atoms with E-state index in [0.717, 1.165) is 37.3 Å². The first-order valence-electron chi connectivity index (χ1n) is 12.4. The molecule has 1 unspecified atom stereocenters. The summed E-state index contributed by atoms with van der Waals surface area (Å²) in [5, 5.41) is 11.8. The van der Waals surface area contributed by atoms with Crippen LogP contribution < -0.4 is 15.5 Å². The summed E-state index contributed by atoms with van der Waals surface area (Å²) < 4.78 is 23.3. The van der Waals surface area contributed by atoms with E-state index in [1.165, 1.54) is 6.07 Å². The van der Waals surface area contributed by atoms with E-state index in [1.54, 1.807) is 36.9 Å². The monoisotopic (exact) mass is 495 g/mol. The molecule has 0 spiro atoms. The van der Waals surface area contributed by atoms with Gasteiger partial charge in [0.25, 0.3) is 5.91 Å². The van der Waals surface area contributed by atoms with Crippen molar-refractivity contribution in [2.75, 3.05) is 43.5 Å². The first kappa shape index (κ1) is 25.6. The third kappa shape index (κ3) is 5.19. The van der Waals surface area contributed by atoms with E-state index in [0.29, 0.717) is 29.0 Å². The van der Waals surface area contributed by atoms with Gasteiger partial charge < -0.3 is 24.7 Å². The molecule has 1 fully saturated rings. The Kier molecular flexibility index (Phi) is 7.85. The number of halogens is 1. The van der Waals surface area contributed by atoms with E-state index < -0.39 is 5.82 Å². The highest BCUT2D eigenvalue weighted by Crippen LogP contribution is 2.30.